The molecule has 0 bridgehead atoms. The van der Waals surface area contributed by atoms with E-state index in [9.17, 15) is 19.2 Å². The maximum absolute atomic E-state index is 13.5. The van der Waals surface area contributed by atoms with Crippen LogP contribution >= 0.6 is 0 Å². The quantitative estimate of drug-likeness (QED) is 0.409. The normalized spacial score (nSPS) is 18.3. The summed E-state index contributed by atoms with van der Waals surface area (Å²) in [4.78, 5) is 51.4. The van der Waals surface area contributed by atoms with Crippen molar-refractivity contribution in [1.29, 1.82) is 0 Å². The molecule has 3 N–H and O–H groups in total. The first-order valence-corrected chi connectivity index (χ1v) is 14.1. The Hall–Kier alpha value is -4.60. The first kappa shape index (κ1) is 30.4. The number of hydrogen-bond acceptors (Lipinski definition) is 6. The van der Waals surface area contributed by atoms with E-state index in [-0.39, 0.29) is 18.9 Å². The summed E-state index contributed by atoms with van der Waals surface area (Å²) in [6, 6.07) is 15.3. The van der Waals surface area contributed by atoms with Gasteiger partial charge in [-0.1, -0.05) is 54.6 Å². The summed E-state index contributed by atoms with van der Waals surface area (Å²) < 4.78 is 12.4. The van der Waals surface area contributed by atoms with Gasteiger partial charge in [0.05, 0.1) is 11.6 Å². The molecule has 3 amide bonds. The maximum atomic E-state index is 13.5. The van der Waals surface area contributed by atoms with Crippen molar-refractivity contribution in [2.45, 2.75) is 70.7 Å². The number of rotatable bonds is 5. The number of para-hydroxylation sites is 1. The fraction of sp³-hybridized carbons (Fsp3) is 0.375. The Balaban J connectivity index is 1.54. The summed E-state index contributed by atoms with van der Waals surface area (Å²) in [5.74, 6) is -0.650. The Morgan fingerprint density at radius 3 is 2.52 bits per heavy atom. The van der Waals surface area contributed by atoms with Gasteiger partial charge in [0, 0.05) is 24.2 Å². The van der Waals surface area contributed by atoms with Crippen LogP contribution in [-0.2, 0) is 32.1 Å². The number of amides is 3. The van der Waals surface area contributed by atoms with Crippen LogP contribution in [0.2, 0.25) is 0 Å². The Morgan fingerprint density at radius 2 is 1.76 bits per heavy atom. The Labute approximate surface area is 245 Å². The number of carbonyl (C=O) groups is 4. The predicted octanol–water partition coefficient (Wildman–Crippen LogP) is 4.60. The zero-order chi connectivity index (χ0) is 30.1. The van der Waals surface area contributed by atoms with Gasteiger partial charge < -0.3 is 25.4 Å². The number of hydrogen-bond donors (Lipinski definition) is 3. The van der Waals surface area contributed by atoms with E-state index in [2.05, 4.69) is 16.0 Å². The third-order valence-corrected chi connectivity index (χ3v) is 6.67. The second-order valence-electron chi connectivity index (χ2n) is 11.2. The molecule has 3 aromatic rings. The van der Waals surface area contributed by atoms with Gasteiger partial charge in [-0.3, -0.25) is 14.2 Å². The van der Waals surface area contributed by atoms with E-state index in [0.717, 1.165) is 16.5 Å². The lowest BCUT2D eigenvalue weighted by Gasteiger charge is -2.22. The van der Waals surface area contributed by atoms with E-state index in [0.29, 0.717) is 31.3 Å². The van der Waals surface area contributed by atoms with Crippen LogP contribution in [0.15, 0.2) is 72.9 Å². The standard InChI is InChI=1S/C32H38N4O6/c1-32(2,3)42-31(40)36-20-23(25-13-7-8-15-27(25)36)19-24-16-17-28(37)33-18-10-9-14-26(29(38)34-24)35-30(39)41-21-22-11-5-4-6-12-22/h4-8,11-13,15-17,20,24,26H,9-10,14,18-19,21H2,1-3H3,(H,33,37)(H,34,38)(H,35,39)/t24-,26+/m1/s1. The molecule has 10 heteroatoms. The number of alkyl carbamates (subject to hydrolysis) is 1. The molecule has 2 heterocycles. The summed E-state index contributed by atoms with van der Waals surface area (Å²) in [6.07, 6.45) is 5.44. The lowest BCUT2D eigenvalue weighted by atomic mass is 10.0. The molecule has 0 saturated carbocycles. The average molecular weight is 575 g/mol. The van der Waals surface area contributed by atoms with E-state index >= 15 is 0 Å². The number of fused-ring (bicyclic) bond motifs is 1. The van der Waals surface area contributed by atoms with Gasteiger partial charge in [-0.2, -0.15) is 0 Å². The zero-order valence-corrected chi connectivity index (χ0v) is 24.2. The minimum absolute atomic E-state index is 0.0835. The second kappa shape index (κ2) is 13.8. The Morgan fingerprint density at radius 1 is 1.02 bits per heavy atom. The minimum atomic E-state index is -0.831. The average Bonchev–Trinajstić information content (AvgIpc) is 3.31. The van der Waals surface area contributed by atoms with Crippen molar-refractivity contribution in [2.24, 2.45) is 0 Å². The summed E-state index contributed by atoms with van der Waals surface area (Å²) >= 11 is 0. The predicted molar refractivity (Wildman–Crippen MR) is 159 cm³/mol. The monoisotopic (exact) mass is 574 g/mol. The number of benzene rings is 2. The molecule has 0 fully saturated rings. The van der Waals surface area contributed by atoms with Crippen LogP contribution in [0, 0.1) is 0 Å². The van der Waals surface area contributed by atoms with Crippen LogP contribution in [0.3, 0.4) is 0 Å². The SMILES string of the molecule is CC(C)(C)OC(=O)n1cc(C[C@H]2C=CC(=O)NCCCC[C@H](NC(=O)OCc3ccccc3)C(=O)N2)c2ccccc21. The summed E-state index contributed by atoms with van der Waals surface area (Å²) in [6.45, 7) is 5.94. The highest BCUT2D eigenvalue weighted by atomic mass is 16.6. The van der Waals surface area contributed by atoms with Gasteiger partial charge in [0.2, 0.25) is 11.8 Å². The van der Waals surface area contributed by atoms with Crippen molar-refractivity contribution in [3.8, 4) is 0 Å². The van der Waals surface area contributed by atoms with Crippen molar-refractivity contribution >= 4 is 34.9 Å². The van der Waals surface area contributed by atoms with Gasteiger partial charge >= 0.3 is 12.2 Å². The van der Waals surface area contributed by atoms with E-state index in [1.807, 2.05) is 54.6 Å². The maximum Gasteiger partial charge on any atom is 0.419 e. The Bertz CT molecular complexity index is 1440. The van der Waals surface area contributed by atoms with Gasteiger partial charge in [-0.25, -0.2) is 9.59 Å². The topological polar surface area (TPSA) is 128 Å². The van der Waals surface area contributed by atoms with Crippen LogP contribution in [0.25, 0.3) is 10.9 Å². The number of nitrogens with zero attached hydrogens (tertiary/aromatic N) is 1. The molecule has 2 atom stereocenters. The second-order valence-corrected chi connectivity index (χ2v) is 11.2. The molecule has 1 aliphatic rings. The van der Waals surface area contributed by atoms with Crippen LogP contribution < -0.4 is 16.0 Å². The molecule has 0 radical (unpaired) electrons. The van der Waals surface area contributed by atoms with E-state index in [1.54, 1.807) is 33.0 Å². The number of carbonyl (C=O) groups excluding carboxylic acids is 4. The van der Waals surface area contributed by atoms with Crippen LogP contribution in [0.5, 0.6) is 0 Å². The minimum Gasteiger partial charge on any atom is -0.445 e. The summed E-state index contributed by atoms with van der Waals surface area (Å²) in [5.41, 5.74) is 1.61. The van der Waals surface area contributed by atoms with E-state index in [1.165, 1.54) is 10.6 Å². The van der Waals surface area contributed by atoms with Gasteiger partial charge in [-0.15, -0.1) is 0 Å². The van der Waals surface area contributed by atoms with E-state index in [4.69, 9.17) is 9.47 Å². The molecule has 4 rings (SSSR count). The van der Waals surface area contributed by atoms with Crippen molar-refractivity contribution < 1.29 is 28.7 Å². The summed E-state index contributed by atoms with van der Waals surface area (Å²) in [5, 5.41) is 9.34. The molecule has 0 saturated heterocycles. The van der Waals surface area contributed by atoms with Crippen molar-refractivity contribution in [3.05, 3.63) is 84.1 Å². The lowest BCUT2D eigenvalue weighted by molar-refractivity contribution is -0.124. The van der Waals surface area contributed by atoms with Crippen LogP contribution in [0.1, 0.15) is 51.2 Å². The molecule has 2 aromatic carbocycles. The lowest BCUT2D eigenvalue weighted by Crippen LogP contribution is -2.50. The molecule has 0 aliphatic carbocycles. The third kappa shape index (κ3) is 8.70. The molecular weight excluding hydrogens is 536 g/mol. The van der Waals surface area contributed by atoms with E-state index < -0.39 is 35.8 Å². The number of nitrogens with one attached hydrogen (secondary N) is 3. The number of ether oxygens (including phenoxy) is 2. The fourth-order valence-electron chi connectivity index (χ4n) is 4.69. The summed E-state index contributed by atoms with van der Waals surface area (Å²) in [7, 11) is 0. The first-order valence-electron chi connectivity index (χ1n) is 14.1. The first-order chi connectivity index (χ1) is 20.1. The van der Waals surface area contributed by atoms with Crippen LogP contribution in [0.4, 0.5) is 9.59 Å². The van der Waals surface area contributed by atoms with Crippen molar-refractivity contribution in [1.82, 2.24) is 20.5 Å². The zero-order valence-electron chi connectivity index (χ0n) is 24.2. The number of aromatic nitrogens is 1. The van der Waals surface area contributed by atoms with Crippen molar-refractivity contribution in [3.63, 3.8) is 0 Å². The fourth-order valence-corrected chi connectivity index (χ4v) is 4.69. The molecule has 1 aliphatic heterocycles. The molecule has 0 unspecified atom stereocenters. The van der Waals surface area contributed by atoms with Crippen molar-refractivity contribution in [2.75, 3.05) is 6.54 Å². The molecule has 42 heavy (non-hydrogen) atoms. The smallest absolute Gasteiger partial charge is 0.419 e. The highest BCUT2D eigenvalue weighted by Gasteiger charge is 2.26. The molecule has 0 spiro atoms. The van der Waals surface area contributed by atoms with Crippen LogP contribution in [-0.4, -0.2) is 52.8 Å². The van der Waals surface area contributed by atoms with Gasteiger partial charge in [0.1, 0.15) is 18.2 Å². The molecule has 1 aromatic heterocycles. The van der Waals surface area contributed by atoms with Gasteiger partial charge in [-0.05, 0) is 63.6 Å². The van der Waals surface area contributed by atoms with Gasteiger partial charge in [0.25, 0.3) is 0 Å². The highest BCUT2D eigenvalue weighted by molar-refractivity contribution is 5.92. The van der Waals surface area contributed by atoms with Gasteiger partial charge in [0.15, 0.2) is 0 Å². The largest absolute Gasteiger partial charge is 0.445 e. The Kier molecular flexibility index (Phi) is 10.0. The highest BCUT2D eigenvalue weighted by Crippen LogP contribution is 2.24. The third-order valence-electron chi connectivity index (χ3n) is 6.67. The molecule has 10 nitrogen and oxygen atoms in total. The molecular formula is C32H38N4O6. The molecule has 222 valence electrons.